The molecule has 1 amide bonds. The lowest BCUT2D eigenvalue weighted by Gasteiger charge is -2.35. The van der Waals surface area contributed by atoms with Crippen LogP contribution >= 0.6 is 0 Å². The van der Waals surface area contributed by atoms with E-state index in [-0.39, 0.29) is 11.7 Å². The summed E-state index contributed by atoms with van der Waals surface area (Å²) in [4.78, 5) is 15.8. The molecule has 4 rings (SSSR count). The predicted octanol–water partition coefficient (Wildman–Crippen LogP) is 2.58. The van der Waals surface area contributed by atoms with Gasteiger partial charge in [-0.2, -0.15) is 5.26 Å². The number of nitrogens with zero attached hydrogens (tertiary/aromatic N) is 3. The topological polar surface area (TPSA) is 79.9 Å². The minimum atomic E-state index is -0.325. The molecule has 1 saturated carbocycles. The van der Waals surface area contributed by atoms with Crippen molar-refractivity contribution in [3.05, 3.63) is 30.1 Å². The van der Waals surface area contributed by atoms with Crippen LogP contribution in [0.3, 0.4) is 0 Å². The number of amides is 1. The molecule has 1 aromatic heterocycles. The van der Waals surface area contributed by atoms with Gasteiger partial charge in [-0.05, 0) is 49.8 Å². The minimum Gasteiger partial charge on any atom is -0.441 e. The van der Waals surface area contributed by atoms with Crippen molar-refractivity contribution in [1.29, 1.82) is 5.26 Å². The summed E-state index contributed by atoms with van der Waals surface area (Å²) in [5.74, 6) is 0.444. The van der Waals surface area contributed by atoms with Crippen molar-refractivity contribution >= 4 is 17.1 Å². The van der Waals surface area contributed by atoms with Crippen molar-refractivity contribution in [1.82, 2.24) is 14.9 Å². The van der Waals surface area contributed by atoms with E-state index < -0.39 is 0 Å². The second kappa shape index (κ2) is 5.27. The van der Waals surface area contributed by atoms with Gasteiger partial charge in [0, 0.05) is 6.54 Å². The highest BCUT2D eigenvalue weighted by Gasteiger charge is 2.44. The second-order valence-corrected chi connectivity index (χ2v) is 6.60. The highest BCUT2D eigenvalue weighted by atomic mass is 16.6. The molecule has 2 fully saturated rings. The van der Waals surface area contributed by atoms with Gasteiger partial charge >= 0.3 is 6.09 Å². The number of hydrogen-bond acceptors (Lipinski definition) is 4. The predicted molar refractivity (Wildman–Crippen MR) is 83.6 cm³/mol. The number of rotatable bonds is 2. The molecule has 1 aliphatic heterocycles. The van der Waals surface area contributed by atoms with E-state index in [2.05, 4.69) is 20.9 Å². The first-order valence-corrected chi connectivity index (χ1v) is 7.99. The molecule has 6 heteroatoms. The summed E-state index contributed by atoms with van der Waals surface area (Å²) < 4.78 is 7.66. The Labute approximate surface area is 134 Å². The number of imidazole rings is 1. The van der Waals surface area contributed by atoms with Gasteiger partial charge in [0.15, 0.2) is 0 Å². The summed E-state index contributed by atoms with van der Waals surface area (Å²) in [6, 6.07) is 7.74. The fourth-order valence-electron chi connectivity index (χ4n) is 3.90. The van der Waals surface area contributed by atoms with Gasteiger partial charge in [0.05, 0.1) is 35.5 Å². The molecule has 0 radical (unpaired) electrons. The zero-order chi connectivity index (χ0) is 15.9. The largest absolute Gasteiger partial charge is 0.441 e. The van der Waals surface area contributed by atoms with Crippen molar-refractivity contribution in [2.24, 2.45) is 5.92 Å². The van der Waals surface area contributed by atoms with Crippen LogP contribution in [0.1, 0.15) is 31.2 Å². The third-order valence-corrected chi connectivity index (χ3v) is 4.97. The van der Waals surface area contributed by atoms with E-state index in [0.717, 1.165) is 43.3 Å². The van der Waals surface area contributed by atoms with E-state index in [0.29, 0.717) is 18.0 Å². The lowest BCUT2D eigenvalue weighted by atomic mass is 9.78. The van der Waals surface area contributed by atoms with E-state index in [4.69, 9.17) is 10.00 Å². The zero-order valence-corrected chi connectivity index (χ0v) is 12.8. The van der Waals surface area contributed by atoms with Crippen LogP contribution < -0.4 is 5.32 Å². The Morgan fingerprint density at radius 2 is 2.43 bits per heavy atom. The van der Waals surface area contributed by atoms with Crippen LogP contribution in [0, 0.1) is 17.2 Å². The molecule has 1 saturated heterocycles. The standard InChI is InChI=1S/C17H18N4O2/c18-8-12-3-4-14-15(6-12)21(11-20-14)9-13-2-1-5-17(7-13)10-19-16(22)23-17/h3-4,6,11,13H,1-2,5,7,9-10H2,(H,19,22)/t13-,17-/m0/s1. The van der Waals surface area contributed by atoms with Crippen molar-refractivity contribution in [2.45, 2.75) is 37.8 Å². The molecule has 1 N–H and O–H groups in total. The Hall–Kier alpha value is -2.55. The van der Waals surface area contributed by atoms with E-state index >= 15 is 0 Å². The van der Waals surface area contributed by atoms with Gasteiger partial charge in [-0.15, -0.1) is 0 Å². The Morgan fingerprint density at radius 1 is 1.52 bits per heavy atom. The number of carbonyl (C=O) groups is 1. The third kappa shape index (κ3) is 2.52. The molecule has 6 nitrogen and oxygen atoms in total. The number of hydrogen-bond donors (Lipinski definition) is 1. The van der Waals surface area contributed by atoms with E-state index in [1.807, 2.05) is 18.5 Å². The second-order valence-electron chi connectivity index (χ2n) is 6.60. The van der Waals surface area contributed by atoms with Gasteiger partial charge in [0.2, 0.25) is 0 Å². The number of alkyl carbamates (subject to hydrolysis) is 1. The Morgan fingerprint density at radius 3 is 3.22 bits per heavy atom. The van der Waals surface area contributed by atoms with Crippen LogP contribution in [0.15, 0.2) is 24.5 Å². The van der Waals surface area contributed by atoms with Gasteiger partial charge in [0.25, 0.3) is 0 Å². The molecule has 2 atom stereocenters. The third-order valence-electron chi connectivity index (χ3n) is 4.97. The normalized spacial score (nSPS) is 26.9. The highest BCUT2D eigenvalue weighted by Crippen LogP contribution is 2.38. The molecule has 1 aromatic carbocycles. The molecule has 23 heavy (non-hydrogen) atoms. The minimum absolute atomic E-state index is 0.294. The van der Waals surface area contributed by atoms with Crippen molar-refractivity contribution in [2.75, 3.05) is 6.54 Å². The zero-order valence-electron chi connectivity index (χ0n) is 12.8. The summed E-state index contributed by atoms with van der Waals surface area (Å²) in [5.41, 5.74) is 2.22. The number of nitriles is 1. The lowest BCUT2D eigenvalue weighted by molar-refractivity contribution is 0.00435. The molecular weight excluding hydrogens is 292 g/mol. The van der Waals surface area contributed by atoms with Gasteiger partial charge in [-0.3, -0.25) is 0 Å². The summed E-state index contributed by atoms with van der Waals surface area (Å²) in [6.07, 6.45) is 5.55. The van der Waals surface area contributed by atoms with Crippen molar-refractivity contribution in [3.63, 3.8) is 0 Å². The molecule has 0 unspecified atom stereocenters. The Balaban J connectivity index is 1.56. The van der Waals surface area contributed by atoms with Crippen LogP contribution in [0.5, 0.6) is 0 Å². The molecular formula is C17H18N4O2. The van der Waals surface area contributed by atoms with E-state index in [1.165, 1.54) is 0 Å². The maximum atomic E-state index is 11.4. The molecule has 118 valence electrons. The molecule has 1 spiro atoms. The number of aromatic nitrogens is 2. The molecule has 2 heterocycles. The summed E-state index contributed by atoms with van der Waals surface area (Å²) >= 11 is 0. The highest BCUT2D eigenvalue weighted by molar-refractivity contribution is 5.77. The lowest BCUT2D eigenvalue weighted by Crippen LogP contribution is -2.39. The number of fused-ring (bicyclic) bond motifs is 1. The summed E-state index contributed by atoms with van der Waals surface area (Å²) in [7, 11) is 0. The maximum Gasteiger partial charge on any atom is 0.407 e. The quantitative estimate of drug-likeness (QED) is 0.924. The van der Waals surface area contributed by atoms with Crippen LogP contribution in [-0.2, 0) is 11.3 Å². The first kappa shape index (κ1) is 14.1. The van der Waals surface area contributed by atoms with Gasteiger partial charge < -0.3 is 14.6 Å². The monoisotopic (exact) mass is 310 g/mol. The fraction of sp³-hybridized carbons (Fsp3) is 0.471. The Kier molecular flexibility index (Phi) is 3.22. The van der Waals surface area contributed by atoms with Crippen LogP contribution in [-0.4, -0.2) is 27.8 Å². The van der Waals surface area contributed by atoms with E-state index in [1.54, 1.807) is 6.07 Å². The smallest absolute Gasteiger partial charge is 0.407 e. The molecule has 2 aliphatic rings. The maximum absolute atomic E-state index is 11.4. The molecule has 1 aliphatic carbocycles. The van der Waals surface area contributed by atoms with Crippen LogP contribution in [0.2, 0.25) is 0 Å². The van der Waals surface area contributed by atoms with Gasteiger partial charge in [0.1, 0.15) is 5.60 Å². The van der Waals surface area contributed by atoms with Gasteiger partial charge in [-0.1, -0.05) is 0 Å². The molecule has 2 aromatic rings. The Bertz CT molecular complexity index is 807. The van der Waals surface area contributed by atoms with Crippen LogP contribution in [0.25, 0.3) is 11.0 Å². The average Bonchev–Trinajstić information content (AvgIpc) is 3.11. The number of nitrogens with one attached hydrogen (secondary N) is 1. The van der Waals surface area contributed by atoms with Crippen molar-refractivity contribution < 1.29 is 9.53 Å². The van der Waals surface area contributed by atoms with Crippen LogP contribution in [0.4, 0.5) is 4.79 Å². The summed E-state index contributed by atoms with van der Waals surface area (Å²) in [5, 5.41) is 11.9. The number of benzene rings is 1. The SMILES string of the molecule is N#Cc1ccc2ncn(C[C@H]3CCC[C@@]4(CNC(=O)O4)C3)c2c1. The van der Waals surface area contributed by atoms with Gasteiger partial charge in [-0.25, -0.2) is 9.78 Å². The average molecular weight is 310 g/mol. The van der Waals surface area contributed by atoms with E-state index in [9.17, 15) is 4.79 Å². The number of ether oxygens (including phenoxy) is 1. The molecule has 0 bridgehead atoms. The first-order valence-electron chi connectivity index (χ1n) is 7.99. The van der Waals surface area contributed by atoms with Crippen molar-refractivity contribution in [3.8, 4) is 6.07 Å². The summed E-state index contributed by atoms with van der Waals surface area (Å²) in [6.45, 7) is 1.45. The first-order chi connectivity index (χ1) is 11.2. The number of carbonyl (C=O) groups excluding carboxylic acids is 1. The fourth-order valence-corrected chi connectivity index (χ4v) is 3.90.